The second-order valence-electron chi connectivity index (χ2n) is 5.67. The maximum atomic E-state index is 11.1. The normalized spacial score (nSPS) is 15.3. The molecule has 0 radical (unpaired) electrons. The van der Waals surface area contributed by atoms with Crippen LogP contribution >= 0.6 is 11.6 Å². The van der Waals surface area contributed by atoms with Gasteiger partial charge in [0.25, 0.3) is 0 Å². The van der Waals surface area contributed by atoms with E-state index in [-0.39, 0.29) is 5.92 Å². The summed E-state index contributed by atoms with van der Waals surface area (Å²) in [4.78, 5) is 7.88. The lowest BCUT2D eigenvalue weighted by molar-refractivity contribution is 0.00374. The molecule has 2 aromatic heterocycles. The second kappa shape index (κ2) is 6.47. The van der Waals surface area contributed by atoms with E-state index in [2.05, 4.69) is 20.2 Å². The van der Waals surface area contributed by atoms with Gasteiger partial charge in [-0.25, -0.2) is 9.97 Å². The molecule has 0 aliphatic rings. The van der Waals surface area contributed by atoms with Crippen molar-refractivity contribution in [2.24, 2.45) is 0 Å². The minimum atomic E-state index is -1.06. The molecule has 7 nitrogen and oxygen atoms in total. The van der Waals surface area contributed by atoms with E-state index >= 15 is 0 Å². The molecule has 0 amide bonds. The zero-order valence-corrected chi connectivity index (χ0v) is 13.4. The van der Waals surface area contributed by atoms with Gasteiger partial charge in [0, 0.05) is 10.9 Å². The summed E-state index contributed by atoms with van der Waals surface area (Å²) in [6, 6.07) is 7.47. The van der Waals surface area contributed by atoms with E-state index in [0.29, 0.717) is 18.1 Å². The summed E-state index contributed by atoms with van der Waals surface area (Å²) in [6.45, 7) is 2.59. The highest BCUT2D eigenvalue weighted by atomic mass is 35.5. The third-order valence-corrected chi connectivity index (χ3v) is 4.06. The van der Waals surface area contributed by atoms with Crippen LogP contribution < -0.4 is 0 Å². The fourth-order valence-corrected chi connectivity index (χ4v) is 2.75. The summed E-state index contributed by atoms with van der Waals surface area (Å²) in [5, 5.41) is 20.0. The Labute approximate surface area is 138 Å². The number of aliphatic hydroxyl groups is 1. The highest BCUT2D eigenvalue weighted by Crippen LogP contribution is 2.32. The van der Waals surface area contributed by atoms with Crippen molar-refractivity contribution in [3.05, 3.63) is 60.2 Å². The summed E-state index contributed by atoms with van der Waals surface area (Å²) in [6.07, 6.45) is 6.15. The molecule has 3 aromatic rings. The first-order chi connectivity index (χ1) is 11.0. The van der Waals surface area contributed by atoms with Gasteiger partial charge in [0.05, 0.1) is 18.7 Å². The van der Waals surface area contributed by atoms with Crippen LogP contribution in [0.1, 0.15) is 18.4 Å². The molecule has 2 heterocycles. The Kier molecular flexibility index (Phi) is 4.40. The molecule has 120 valence electrons. The van der Waals surface area contributed by atoms with E-state index in [9.17, 15) is 5.11 Å². The zero-order valence-electron chi connectivity index (χ0n) is 12.6. The van der Waals surface area contributed by atoms with Gasteiger partial charge in [0.15, 0.2) is 0 Å². The predicted octanol–water partition coefficient (Wildman–Crippen LogP) is 1.76. The van der Waals surface area contributed by atoms with Gasteiger partial charge in [0.1, 0.15) is 25.3 Å². The van der Waals surface area contributed by atoms with E-state index in [1.165, 1.54) is 12.7 Å². The van der Waals surface area contributed by atoms with Crippen LogP contribution in [0.3, 0.4) is 0 Å². The molecule has 1 aromatic carbocycles. The molecule has 0 saturated heterocycles. The van der Waals surface area contributed by atoms with Crippen molar-refractivity contribution in [1.29, 1.82) is 0 Å². The van der Waals surface area contributed by atoms with E-state index in [1.807, 2.05) is 24.3 Å². The highest BCUT2D eigenvalue weighted by Gasteiger charge is 2.34. The van der Waals surface area contributed by atoms with Crippen LogP contribution in [0.4, 0.5) is 0 Å². The van der Waals surface area contributed by atoms with Crippen molar-refractivity contribution < 1.29 is 5.11 Å². The van der Waals surface area contributed by atoms with Gasteiger partial charge in [-0.2, -0.15) is 10.2 Å². The summed E-state index contributed by atoms with van der Waals surface area (Å²) < 4.78 is 3.32. The van der Waals surface area contributed by atoms with Crippen LogP contribution in [0.25, 0.3) is 0 Å². The third kappa shape index (κ3) is 3.75. The number of rotatable bonds is 6. The number of halogens is 1. The van der Waals surface area contributed by atoms with Crippen LogP contribution in [-0.2, 0) is 13.1 Å². The van der Waals surface area contributed by atoms with Gasteiger partial charge in [-0.3, -0.25) is 9.36 Å². The maximum Gasteiger partial charge on any atom is 0.137 e. The van der Waals surface area contributed by atoms with E-state index in [1.54, 1.807) is 28.9 Å². The summed E-state index contributed by atoms with van der Waals surface area (Å²) in [5.74, 6) is -0.217. The Morgan fingerprint density at radius 1 is 1.09 bits per heavy atom. The zero-order chi connectivity index (χ0) is 16.3. The predicted molar refractivity (Wildman–Crippen MR) is 84.9 cm³/mol. The lowest BCUT2D eigenvalue weighted by Gasteiger charge is -2.33. The quantitative estimate of drug-likeness (QED) is 0.743. The van der Waals surface area contributed by atoms with Crippen molar-refractivity contribution in [2.45, 2.75) is 31.5 Å². The van der Waals surface area contributed by atoms with Gasteiger partial charge in [-0.15, -0.1) is 0 Å². The van der Waals surface area contributed by atoms with Crippen LogP contribution in [0.2, 0.25) is 5.02 Å². The van der Waals surface area contributed by atoms with Crippen molar-refractivity contribution in [3.63, 3.8) is 0 Å². The molecule has 0 fully saturated rings. The number of nitrogens with zero attached hydrogens (tertiary/aromatic N) is 6. The lowest BCUT2D eigenvalue weighted by Crippen LogP contribution is -2.40. The fraction of sp³-hybridized carbons (Fsp3) is 0.333. The molecule has 0 aliphatic carbocycles. The third-order valence-electron chi connectivity index (χ3n) is 3.81. The number of aromatic nitrogens is 6. The first kappa shape index (κ1) is 15.6. The Hall–Kier alpha value is -2.25. The van der Waals surface area contributed by atoms with Crippen molar-refractivity contribution in [3.8, 4) is 0 Å². The van der Waals surface area contributed by atoms with E-state index in [0.717, 1.165) is 5.56 Å². The maximum absolute atomic E-state index is 11.1. The van der Waals surface area contributed by atoms with Crippen LogP contribution in [-0.4, -0.2) is 40.2 Å². The van der Waals surface area contributed by atoms with E-state index in [4.69, 9.17) is 11.6 Å². The van der Waals surface area contributed by atoms with Gasteiger partial charge in [0.2, 0.25) is 0 Å². The molecule has 0 spiro atoms. The molecule has 0 bridgehead atoms. The molecular weight excluding hydrogens is 316 g/mol. The SMILES string of the molecule is CC(O)(Cn1cncn1)C(Cn1cncn1)c1ccc(Cl)cc1. The topological polar surface area (TPSA) is 81.6 Å². The van der Waals surface area contributed by atoms with Crippen LogP contribution in [0, 0.1) is 0 Å². The Balaban J connectivity index is 1.91. The van der Waals surface area contributed by atoms with Crippen molar-refractivity contribution in [2.75, 3.05) is 0 Å². The number of hydrogen-bond acceptors (Lipinski definition) is 5. The minimum absolute atomic E-state index is 0.217. The first-order valence-electron chi connectivity index (χ1n) is 7.17. The van der Waals surface area contributed by atoms with Crippen LogP contribution in [0.5, 0.6) is 0 Å². The van der Waals surface area contributed by atoms with Gasteiger partial charge in [-0.1, -0.05) is 23.7 Å². The second-order valence-corrected chi connectivity index (χ2v) is 6.11. The lowest BCUT2D eigenvalue weighted by atomic mass is 9.83. The fourth-order valence-electron chi connectivity index (χ4n) is 2.62. The van der Waals surface area contributed by atoms with Gasteiger partial charge >= 0.3 is 0 Å². The van der Waals surface area contributed by atoms with E-state index < -0.39 is 5.60 Å². The molecule has 23 heavy (non-hydrogen) atoms. The Morgan fingerprint density at radius 3 is 2.26 bits per heavy atom. The smallest absolute Gasteiger partial charge is 0.137 e. The average Bonchev–Trinajstić information content (AvgIpc) is 3.19. The molecule has 0 aliphatic heterocycles. The summed E-state index contributed by atoms with van der Waals surface area (Å²) in [5.41, 5.74) is -0.0944. The monoisotopic (exact) mass is 332 g/mol. The Bertz CT molecular complexity index is 724. The summed E-state index contributed by atoms with van der Waals surface area (Å²) >= 11 is 5.98. The summed E-state index contributed by atoms with van der Waals surface area (Å²) in [7, 11) is 0. The van der Waals surface area contributed by atoms with Crippen LogP contribution in [0.15, 0.2) is 49.6 Å². The Morgan fingerprint density at radius 2 is 1.70 bits per heavy atom. The van der Waals surface area contributed by atoms with Crippen molar-refractivity contribution >= 4 is 11.6 Å². The van der Waals surface area contributed by atoms with Gasteiger partial charge in [-0.05, 0) is 24.6 Å². The molecule has 2 unspecified atom stereocenters. The molecular formula is C15H17ClN6O. The molecule has 1 N–H and O–H groups in total. The molecule has 8 heteroatoms. The molecule has 3 rings (SSSR count). The molecule has 2 atom stereocenters. The largest absolute Gasteiger partial charge is 0.388 e. The standard InChI is InChI=1S/C15H17ClN6O/c1-15(23,7-22-11-18-9-20-22)14(6-21-10-17-8-19-21)12-2-4-13(16)5-3-12/h2-5,8-11,14,23H,6-7H2,1H3. The number of benzene rings is 1. The van der Waals surface area contributed by atoms with Crippen molar-refractivity contribution in [1.82, 2.24) is 29.5 Å². The first-order valence-corrected chi connectivity index (χ1v) is 7.55. The average molecular weight is 333 g/mol. The number of hydrogen-bond donors (Lipinski definition) is 1. The molecule has 0 saturated carbocycles. The van der Waals surface area contributed by atoms with Gasteiger partial charge < -0.3 is 5.11 Å². The minimum Gasteiger partial charge on any atom is -0.388 e. The highest BCUT2D eigenvalue weighted by molar-refractivity contribution is 6.30.